The number of nitrogens with one attached hydrogen (secondary N) is 1. The predicted molar refractivity (Wildman–Crippen MR) is 78.4 cm³/mol. The molecule has 2 rings (SSSR count). The Kier molecular flexibility index (Phi) is 4.56. The summed E-state index contributed by atoms with van der Waals surface area (Å²) in [5.74, 6) is -0.916. The average Bonchev–Trinajstić information content (AvgIpc) is 2.42. The molecule has 1 N–H and O–H groups in total. The molecule has 0 saturated heterocycles. The summed E-state index contributed by atoms with van der Waals surface area (Å²) >= 11 is 8.97. The molecule has 98 valence electrons. The summed E-state index contributed by atoms with van der Waals surface area (Å²) in [6.45, 7) is 0. The van der Waals surface area contributed by atoms with E-state index in [1.807, 2.05) is 12.1 Å². The summed E-state index contributed by atoms with van der Waals surface area (Å²) in [7, 11) is 0. The second-order valence-corrected chi connectivity index (χ2v) is 4.91. The van der Waals surface area contributed by atoms with Gasteiger partial charge in [-0.05, 0) is 35.9 Å². The summed E-state index contributed by atoms with van der Waals surface area (Å²) in [4.78, 5) is 11.9. The fourth-order valence-electron chi connectivity index (χ4n) is 1.53. The maximum Gasteiger partial charge on any atom is 0.255 e. The molecule has 1 amide bonds. The molecule has 2 aromatic carbocycles. The van der Waals surface area contributed by atoms with Crippen LogP contribution in [-0.2, 0) is 5.33 Å². The highest BCUT2D eigenvalue weighted by Gasteiger charge is 2.09. The Balaban J connectivity index is 2.15. The van der Waals surface area contributed by atoms with E-state index >= 15 is 0 Å². The van der Waals surface area contributed by atoms with Gasteiger partial charge in [0, 0.05) is 15.9 Å². The first-order chi connectivity index (χ1) is 9.10. The maximum atomic E-state index is 13.5. The van der Waals surface area contributed by atoms with Crippen molar-refractivity contribution in [3.63, 3.8) is 0 Å². The Hall–Kier alpha value is -1.39. The normalized spacial score (nSPS) is 10.3. The van der Waals surface area contributed by atoms with Gasteiger partial charge in [-0.25, -0.2) is 4.39 Å². The van der Waals surface area contributed by atoms with Crippen molar-refractivity contribution in [2.45, 2.75) is 5.33 Å². The van der Waals surface area contributed by atoms with Gasteiger partial charge in [0.05, 0.1) is 5.69 Å². The largest absolute Gasteiger partial charge is 0.319 e. The molecule has 0 radical (unpaired) electrons. The Morgan fingerprint density at radius 1 is 1.21 bits per heavy atom. The van der Waals surface area contributed by atoms with Crippen LogP contribution >= 0.6 is 27.5 Å². The third-order valence-corrected chi connectivity index (χ3v) is 3.43. The van der Waals surface area contributed by atoms with Crippen molar-refractivity contribution >= 4 is 39.1 Å². The molecule has 0 spiro atoms. The quantitative estimate of drug-likeness (QED) is 0.810. The molecular weight excluding hydrogens is 333 g/mol. The van der Waals surface area contributed by atoms with Crippen LogP contribution < -0.4 is 5.32 Å². The summed E-state index contributed by atoms with van der Waals surface area (Å²) in [5.41, 5.74) is 1.65. The van der Waals surface area contributed by atoms with Gasteiger partial charge in [0.1, 0.15) is 5.82 Å². The van der Waals surface area contributed by atoms with E-state index in [4.69, 9.17) is 11.6 Å². The zero-order valence-electron chi connectivity index (χ0n) is 9.79. The van der Waals surface area contributed by atoms with Gasteiger partial charge in [0.15, 0.2) is 0 Å². The van der Waals surface area contributed by atoms with Gasteiger partial charge in [-0.15, -0.1) is 0 Å². The Bertz CT molecular complexity index is 601. The molecule has 0 aliphatic carbocycles. The average molecular weight is 343 g/mol. The lowest BCUT2D eigenvalue weighted by Gasteiger charge is -2.07. The van der Waals surface area contributed by atoms with Gasteiger partial charge in [-0.1, -0.05) is 39.7 Å². The van der Waals surface area contributed by atoms with Crippen molar-refractivity contribution in [1.82, 2.24) is 0 Å². The van der Waals surface area contributed by atoms with Gasteiger partial charge < -0.3 is 5.32 Å². The third kappa shape index (κ3) is 3.55. The maximum absolute atomic E-state index is 13.5. The van der Waals surface area contributed by atoms with Gasteiger partial charge in [0.25, 0.3) is 5.91 Å². The summed E-state index contributed by atoms with van der Waals surface area (Å²) in [6.07, 6.45) is 0. The molecule has 0 unspecified atom stereocenters. The van der Waals surface area contributed by atoms with E-state index in [1.165, 1.54) is 12.1 Å². The zero-order chi connectivity index (χ0) is 13.8. The van der Waals surface area contributed by atoms with Crippen LogP contribution in [-0.4, -0.2) is 5.91 Å². The Morgan fingerprint density at radius 2 is 1.89 bits per heavy atom. The van der Waals surface area contributed by atoms with Crippen molar-refractivity contribution in [3.8, 4) is 0 Å². The number of hydrogen-bond acceptors (Lipinski definition) is 1. The molecule has 0 saturated carbocycles. The van der Waals surface area contributed by atoms with Crippen LogP contribution in [0.15, 0.2) is 42.5 Å². The minimum atomic E-state index is -0.557. The summed E-state index contributed by atoms with van der Waals surface area (Å²) in [6, 6.07) is 11.2. The Labute approximate surface area is 123 Å². The van der Waals surface area contributed by atoms with E-state index in [2.05, 4.69) is 21.2 Å². The smallest absolute Gasteiger partial charge is 0.255 e. The number of carbonyl (C=O) groups excluding carboxylic acids is 1. The second kappa shape index (κ2) is 6.17. The molecule has 2 aromatic rings. The minimum absolute atomic E-state index is 0.110. The SMILES string of the molecule is O=C(Nc1ccc(Cl)cc1F)c1ccc(CBr)cc1. The second-order valence-electron chi connectivity index (χ2n) is 3.91. The van der Waals surface area contributed by atoms with E-state index in [0.29, 0.717) is 5.56 Å². The van der Waals surface area contributed by atoms with Crippen LogP contribution in [0.1, 0.15) is 15.9 Å². The first kappa shape index (κ1) is 14.0. The highest BCUT2D eigenvalue weighted by molar-refractivity contribution is 9.08. The number of benzene rings is 2. The lowest BCUT2D eigenvalue weighted by atomic mass is 10.1. The van der Waals surface area contributed by atoms with Gasteiger partial charge >= 0.3 is 0 Å². The van der Waals surface area contributed by atoms with Crippen LogP contribution in [0.3, 0.4) is 0 Å². The topological polar surface area (TPSA) is 29.1 Å². The fourth-order valence-corrected chi connectivity index (χ4v) is 2.06. The molecule has 0 heterocycles. The molecule has 2 nitrogen and oxygen atoms in total. The van der Waals surface area contributed by atoms with Crippen LogP contribution in [0.4, 0.5) is 10.1 Å². The minimum Gasteiger partial charge on any atom is -0.319 e. The highest BCUT2D eigenvalue weighted by atomic mass is 79.9. The van der Waals surface area contributed by atoms with Gasteiger partial charge in [-0.2, -0.15) is 0 Å². The predicted octanol–water partition coefficient (Wildman–Crippen LogP) is 4.63. The third-order valence-electron chi connectivity index (χ3n) is 2.55. The van der Waals surface area contributed by atoms with Crippen LogP contribution in [0.25, 0.3) is 0 Å². The van der Waals surface area contributed by atoms with E-state index in [1.54, 1.807) is 12.1 Å². The molecule has 0 aromatic heterocycles. The monoisotopic (exact) mass is 341 g/mol. The fraction of sp³-hybridized carbons (Fsp3) is 0.0714. The molecule has 0 fully saturated rings. The number of carbonyl (C=O) groups is 1. The van der Waals surface area contributed by atoms with Gasteiger partial charge in [0.2, 0.25) is 0 Å². The molecule has 19 heavy (non-hydrogen) atoms. The molecule has 0 aliphatic heterocycles. The number of hydrogen-bond donors (Lipinski definition) is 1. The van der Waals surface area contributed by atoms with Crippen molar-refractivity contribution in [1.29, 1.82) is 0 Å². The van der Waals surface area contributed by atoms with Crippen molar-refractivity contribution < 1.29 is 9.18 Å². The first-order valence-electron chi connectivity index (χ1n) is 5.51. The van der Waals surface area contributed by atoms with Crippen LogP contribution in [0, 0.1) is 5.82 Å². The lowest BCUT2D eigenvalue weighted by molar-refractivity contribution is 0.102. The number of amides is 1. The molecule has 0 aliphatic rings. The first-order valence-corrected chi connectivity index (χ1v) is 7.01. The highest BCUT2D eigenvalue weighted by Crippen LogP contribution is 2.19. The van der Waals surface area contributed by atoms with E-state index < -0.39 is 5.82 Å². The molecule has 5 heteroatoms. The van der Waals surface area contributed by atoms with Crippen molar-refractivity contribution in [2.75, 3.05) is 5.32 Å². The molecular formula is C14H10BrClFNO. The number of halogens is 3. The number of rotatable bonds is 3. The van der Waals surface area contributed by atoms with Crippen molar-refractivity contribution in [3.05, 3.63) is 64.4 Å². The van der Waals surface area contributed by atoms with E-state index in [0.717, 1.165) is 17.0 Å². The number of alkyl halides is 1. The zero-order valence-corrected chi connectivity index (χ0v) is 12.1. The lowest BCUT2D eigenvalue weighted by Crippen LogP contribution is -2.12. The standard InChI is InChI=1S/C14H10BrClFNO/c15-8-9-1-3-10(4-2-9)14(19)18-13-6-5-11(16)7-12(13)17/h1-7H,8H2,(H,18,19). The van der Waals surface area contributed by atoms with Gasteiger partial charge in [-0.3, -0.25) is 4.79 Å². The Morgan fingerprint density at radius 3 is 2.47 bits per heavy atom. The van der Waals surface area contributed by atoms with Crippen molar-refractivity contribution in [2.24, 2.45) is 0 Å². The summed E-state index contributed by atoms with van der Waals surface area (Å²) < 4.78 is 13.5. The van der Waals surface area contributed by atoms with E-state index in [-0.39, 0.29) is 16.6 Å². The molecule has 0 atom stereocenters. The van der Waals surface area contributed by atoms with Crippen LogP contribution in [0.5, 0.6) is 0 Å². The molecule has 0 bridgehead atoms. The van der Waals surface area contributed by atoms with E-state index in [9.17, 15) is 9.18 Å². The summed E-state index contributed by atoms with van der Waals surface area (Å²) in [5, 5.41) is 3.52. The number of anilines is 1. The van der Waals surface area contributed by atoms with Crippen LogP contribution in [0.2, 0.25) is 5.02 Å².